The number of aromatic nitrogens is 3. The second-order valence-corrected chi connectivity index (χ2v) is 10.7. The highest BCUT2D eigenvalue weighted by molar-refractivity contribution is 7.99. The molecule has 2 aromatic rings. The van der Waals surface area contributed by atoms with Gasteiger partial charge in [-0.25, -0.2) is 4.98 Å². The van der Waals surface area contributed by atoms with Crippen molar-refractivity contribution in [2.75, 3.05) is 17.8 Å². The van der Waals surface area contributed by atoms with Crippen LogP contribution in [0.15, 0.2) is 54.0 Å². The van der Waals surface area contributed by atoms with Gasteiger partial charge in [0.05, 0.1) is 34.8 Å². The molecule has 1 N–H and O–H groups in total. The first-order chi connectivity index (χ1) is 16.0. The fraction of sp³-hybridized carbons (Fsp3) is 0.462. The third-order valence-corrected chi connectivity index (χ3v) is 7.90. The molecule has 0 bridgehead atoms. The van der Waals surface area contributed by atoms with E-state index in [-0.39, 0.29) is 6.04 Å². The van der Waals surface area contributed by atoms with Crippen molar-refractivity contribution >= 4 is 34.2 Å². The number of thioether (sulfide) groups is 1. The molecule has 0 saturated carbocycles. The minimum absolute atomic E-state index is 0.0839. The second-order valence-electron chi connectivity index (χ2n) is 8.15. The summed E-state index contributed by atoms with van der Waals surface area (Å²) < 4.78 is 14.1. The summed E-state index contributed by atoms with van der Waals surface area (Å²) in [4.78, 5) is 4.26. The van der Waals surface area contributed by atoms with Gasteiger partial charge < -0.3 is 5.32 Å². The standard InChI is InChI=1S/C26H36N4OS2/c1-6-10-24(29-23(8-3)19-11-14-27-26(17-19)33(5)31)21(7-2)22-18-28-30(25(22)9-4)20-12-15-32-16-13-20/h7,9-11,14,17-18,20,23,29H,4,6,8,12-13,15-16H2,1-3,5H3/b21-7+,24-10+. The quantitative estimate of drug-likeness (QED) is 0.409. The van der Waals surface area contributed by atoms with Gasteiger partial charge in [0.2, 0.25) is 0 Å². The molecule has 0 amide bonds. The first-order valence-electron chi connectivity index (χ1n) is 11.7. The number of nitrogens with zero attached hydrogens (tertiary/aromatic N) is 3. The van der Waals surface area contributed by atoms with Crippen LogP contribution in [0.2, 0.25) is 0 Å². The highest BCUT2D eigenvalue weighted by atomic mass is 32.2. The molecule has 7 heteroatoms. The van der Waals surface area contributed by atoms with Gasteiger partial charge in [0.25, 0.3) is 0 Å². The zero-order valence-electron chi connectivity index (χ0n) is 20.2. The third-order valence-electron chi connectivity index (χ3n) is 6.04. The van der Waals surface area contributed by atoms with Crippen LogP contribution in [0.25, 0.3) is 11.6 Å². The van der Waals surface area contributed by atoms with Crippen molar-refractivity contribution in [3.05, 3.63) is 65.8 Å². The van der Waals surface area contributed by atoms with Crippen LogP contribution < -0.4 is 5.32 Å². The molecule has 1 aliphatic heterocycles. The van der Waals surface area contributed by atoms with Crippen LogP contribution in [0.3, 0.4) is 0 Å². The lowest BCUT2D eigenvalue weighted by Gasteiger charge is -2.25. The first-order valence-corrected chi connectivity index (χ1v) is 14.5. The molecule has 1 aliphatic rings. The molecule has 3 heterocycles. The minimum atomic E-state index is -1.11. The third kappa shape index (κ3) is 6.07. The summed E-state index contributed by atoms with van der Waals surface area (Å²) in [5, 5.41) is 9.19. The van der Waals surface area contributed by atoms with E-state index in [4.69, 9.17) is 5.10 Å². The molecule has 5 nitrogen and oxygen atoms in total. The summed E-state index contributed by atoms with van der Waals surface area (Å²) in [7, 11) is -1.11. The number of hydrogen-bond donors (Lipinski definition) is 1. The summed E-state index contributed by atoms with van der Waals surface area (Å²) in [5.74, 6) is 2.37. The minimum Gasteiger partial charge on any atom is -0.378 e. The largest absolute Gasteiger partial charge is 0.378 e. The monoisotopic (exact) mass is 484 g/mol. The van der Waals surface area contributed by atoms with E-state index in [1.807, 2.05) is 36.2 Å². The Morgan fingerprint density at radius 3 is 2.76 bits per heavy atom. The Kier molecular flexibility index (Phi) is 9.56. The van der Waals surface area contributed by atoms with Crippen molar-refractivity contribution in [2.45, 2.75) is 63.6 Å². The summed E-state index contributed by atoms with van der Waals surface area (Å²) in [5.41, 5.74) is 5.51. The van der Waals surface area contributed by atoms with Crippen LogP contribution in [0.4, 0.5) is 0 Å². The molecule has 2 aromatic heterocycles. The van der Waals surface area contributed by atoms with Gasteiger partial charge in [0.1, 0.15) is 5.03 Å². The van der Waals surface area contributed by atoms with Crippen molar-refractivity contribution in [3.63, 3.8) is 0 Å². The molecule has 0 spiro atoms. The highest BCUT2D eigenvalue weighted by Gasteiger charge is 2.23. The van der Waals surface area contributed by atoms with Gasteiger partial charge in [-0.05, 0) is 67.9 Å². The summed E-state index contributed by atoms with van der Waals surface area (Å²) in [6, 6.07) is 4.47. The van der Waals surface area contributed by atoms with Crippen LogP contribution in [0, 0.1) is 0 Å². The molecule has 0 aliphatic carbocycles. The van der Waals surface area contributed by atoms with Crippen molar-refractivity contribution in [3.8, 4) is 0 Å². The van der Waals surface area contributed by atoms with Gasteiger partial charge in [-0.15, -0.1) is 0 Å². The molecule has 33 heavy (non-hydrogen) atoms. The van der Waals surface area contributed by atoms with E-state index in [9.17, 15) is 4.21 Å². The lowest BCUT2D eigenvalue weighted by molar-refractivity contribution is 0.424. The summed E-state index contributed by atoms with van der Waals surface area (Å²) in [6.07, 6.45) is 15.8. The average Bonchev–Trinajstić information content (AvgIpc) is 3.27. The molecule has 2 atom stereocenters. The number of rotatable bonds is 10. The maximum atomic E-state index is 12.0. The second kappa shape index (κ2) is 12.4. The molecule has 3 rings (SSSR count). The van der Waals surface area contributed by atoms with E-state index in [0.717, 1.165) is 53.8 Å². The molecule has 2 unspecified atom stereocenters. The van der Waals surface area contributed by atoms with Gasteiger partial charge in [-0.1, -0.05) is 32.6 Å². The van der Waals surface area contributed by atoms with Gasteiger partial charge in [0, 0.05) is 29.3 Å². The van der Waals surface area contributed by atoms with Crippen molar-refractivity contribution < 1.29 is 4.21 Å². The molecule has 0 aromatic carbocycles. The molecule has 178 valence electrons. The molecule has 1 fully saturated rings. The number of hydrogen-bond acceptors (Lipinski definition) is 5. The Bertz CT molecular complexity index is 1030. The van der Waals surface area contributed by atoms with E-state index in [1.54, 1.807) is 12.5 Å². The Balaban J connectivity index is 1.94. The van der Waals surface area contributed by atoms with Gasteiger partial charge in [-0.3, -0.25) is 8.89 Å². The summed E-state index contributed by atoms with van der Waals surface area (Å²) >= 11 is 2.02. The highest BCUT2D eigenvalue weighted by Crippen LogP contribution is 2.33. The van der Waals surface area contributed by atoms with Gasteiger partial charge in [0.15, 0.2) is 0 Å². The van der Waals surface area contributed by atoms with Crippen LogP contribution in [0.1, 0.15) is 75.4 Å². The van der Waals surface area contributed by atoms with E-state index >= 15 is 0 Å². The number of nitrogens with one attached hydrogen (secondary N) is 1. The zero-order valence-corrected chi connectivity index (χ0v) is 21.8. The van der Waals surface area contributed by atoms with Crippen molar-refractivity contribution in [1.82, 2.24) is 20.1 Å². The van der Waals surface area contributed by atoms with Crippen LogP contribution in [-0.2, 0) is 10.8 Å². The number of allylic oxidation sites excluding steroid dienone is 3. The van der Waals surface area contributed by atoms with E-state index in [0.29, 0.717) is 11.1 Å². The molecule has 1 saturated heterocycles. The maximum absolute atomic E-state index is 12.0. The fourth-order valence-corrected chi connectivity index (χ4v) is 5.91. The van der Waals surface area contributed by atoms with E-state index in [1.165, 1.54) is 11.5 Å². The van der Waals surface area contributed by atoms with Gasteiger partial charge >= 0.3 is 0 Å². The van der Waals surface area contributed by atoms with Crippen molar-refractivity contribution in [2.24, 2.45) is 0 Å². The maximum Gasteiger partial charge on any atom is 0.127 e. The smallest absolute Gasteiger partial charge is 0.127 e. The van der Waals surface area contributed by atoms with Crippen LogP contribution in [-0.4, -0.2) is 36.7 Å². The predicted molar refractivity (Wildman–Crippen MR) is 143 cm³/mol. The Morgan fingerprint density at radius 2 is 2.15 bits per heavy atom. The fourth-order valence-electron chi connectivity index (χ4n) is 4.32. The Morgan fingerprint density at radius 1 is 1.39 bits per heavy atom. The zero-order chi connectivity index (χ0) is 23.8. The van der Waals surface area contributed by atoms with Gasteiger partial charge in [-0.2, -0.15) is 16.9 Å². The first kappa shape index (κ1) is 25.5. The van der Waals surface area contributed by atoms with E-state index in [2.05, 4.69) is 54.5 Å². The molecular weight excluding hydrogens is 448 g/mol. The predicted octanol–water partition coefficient (Wildman–Crippen LogP) is 6.16. The van der Waals surface area contributed by atoms with Crippen molar-refractivity contribution in [1.29, 1.82) is 0 Å². The Hall–Kier alpha value is -2.12. The lowest BCUT2D eigenvalue weighted by Crippen LogP contribution is -2.22. The topological polar surface area (TPSA) is 59.8 Å². The van der Waals surface area contributed by atoms with Crippen LogP contribution >= 0.6 is 11.8 Å². The Labute approximate surface area is 205 Å². The average molecular weight is 485 g/mol. The van der Waals surface area contributed by atoms with E-state index < -0.39 is 10.8 Å². The summed E-state index contributed by atoms with van der Waals surface area (Å²) in [6.45, 7) is 10.5. The normalized spacial score (nSPS) is 17.6. The lowest BCUT2D eigenvalue weighted by atomic mass is 9.98. The molecular formula is C26H36N4OS2. The SMILES string of the molecule is C=Cc1c(C(=C\C)/C(=C\CC)NC(CC)c2ccnc(S(C)=O)c2)cnn1C1CCSCC1. The van der Waals surface area contributed by atoms with Crippen LogP contribution in [0.5, 0.6) is 0 Å². The number of pyridine rings is 1. The molecule has 0 radical (unpaired) electrons.